The van der Waals surface area contributed by atoms with Crippen LogP contribution in [0.3, 0.4) is 0 Å². The lowest BCUT2D eigenvalue weighted by Crippen LogP contribution is -2.17. The first-order valence-corrected chi connectivity index (χ1v) is 5.53. The molecule has 1 rings (SSSR count). The third-order valence-corrected chi connectivity index (χ3v) is 2.29. The van der Waals surface area contributed by atoms with Crippen molar-refractivity contribution in [3.05, 3.63) is 47.5 Å². The van der Waals surface area contributed by atoms with E-state index in [1.54, 1.807) is 38.1 Å². The van der Waals surface area contributed by atoms with Crippen LogP contribution in [0.5, 0.6) is 0 Å². The largest absolute Gasteiger partial charge is 0.460 e. The van der Waals surface area contributed by atoms with Crippen molar-refractivity contribution < 1.29 is 14.6 Å². The van der Waals surface area contributed by atoms with E-state index in [-0.39, 0.29) is 11.7 Å². The number of hydrogen-bond acceptors (Lipinski definition) is 4. The summed E-state index contributed by atoms with van der Waals surface area (Å²) in [5, 5.41) is 18.6. The highest BCUT2D eigenvalue weighted by Crippen LogP contribution is 2.21. The Bertz CT molecular complexity index is 483. The lowest BCUT2D eigenvalue weighted by Gasteiger charge is -2.15. The molecule has 0 radical (unpaired) electrons. The fourth-order valence-corrected chi connectivity index (χ4v) is 1.34. The first-order chi connectivity index (χ1) is 8.45. The van der Waals surface area contributed by atoms with Crippen molar-refractivity contribution in [3.63, 3.8) is 0 Å². The molecule has 1 atom stereocenters. The summed E-state index contributed by atoms with van der Waals surface area (Å²) in [7, 11) is 0. The molecule has 0 spiro atoms. The predicted molar refractivity (Wildman–Crippen MR) is 66.5 cm³/mol. The minimum atomic E-state index is -1.12. The smallest absolute Gasteiger partial charge is 0.336 e. The Balaban J connectivity index is 2.80. The zero-order valence-corrected chi connectivity index (χ0v) is 10.4. The van der Waals surface area contributed by atoms with Gasteiger partial charge < -0.3 is 9.84 Å². The number of esters is 1. The average Bonchev–Trinajstić information content (AvgIpc) is 2.36. The Morgan fingerprint density at radius 3 is 2.39 bits per heavy atom. The van der Waals surface area contributed by atoms with E-state index < -0.39 is 12.1 Å². The van der Waals surface area contributed by atoms with Gasteiger partial charge in [0, 0.05) is 0 Å². The van der Waals surface area contributed by atoms with Crippen LogP contribution in [-0.2, 0) is 9.53 Å². The zero-order valence-electron chi connectivity index (χ0n) is 10.4. The second kappa shape index (κ2) is 5.99. The first kappa shape index (κ1) is 13.9. The van der Waals surface area contributed by atoms with Gasteiger partial charge >= 0.3 is 5.97 Å². The molecule has 1 N–H and O–H groups in total. The molecule has 1 aromatic carbocycles. The Hall–Kier alpha value is -2.12. The molecule has 0 aliphatic carbocycles. The Morgan fingerprint density at radius 1 is 1.39 bits per heavy atom. The van der Waals surface area contributed by atoms with Crippen molar-refractivity contribution in [2.75, 3.05) is 0 Å². The van der Waals surface area contributed by atoms with Gasteiger partial charge in [-0.05, 0) is 31.5 Å². The van der Waals surface area contributed by atoms with E-state index in [0.29, 0.717) is 11.1 Å². The van der Waals surface area contributed by atoms with Gasteiger partial charge in [-0.2, -0.15) is 5.26 Å². The van der Waals surface area contributed by atoms with E-state index >= 15 is 0 Å². The zero-order chi connectivity index (χ0) is 13.7. The van der Waals surface area contributed by atoms with Gasteiger partial charge in [0.1, 0.15) is 6.10 Å². The minimum absolute atomic E-state index is 0.0200. The number of ether oxygens (including phenoxy) is 1. The number of rotatable bonds is 4. The summed E-state index contributed by atoms with van der Waals surface area (Å²) in [6.45, 7) is 6.98. The van der Waals surface area contributed by atoms with Crippen LogP contribution < -0.4 is 0 Å². The van der Waals surface area contributed by atoms with E-state index in [1.807, 2.05) is 6.07 Å². The maximum Gasteiger partial charge on any atom is 0.336 e. The second-order valence-corrected chi connectivity index (χ2v) is 4.12. The van der Waals surface area contributed by atoms with Crippen molar-refractivity contribution in [3.8, 4) is 6.07 Å². The molecule has 4 nitrogen and oxygen atoms in total. The molecular weight excluding hydrogens is 230 g/mol. The quantitative estimate of drug-likeness (QED) is 0.651. The number of hydrogen-bond donors (Lipinski definition) is 1. The molecule has 1 unspecified atom stereocenters. The van der Waals surface area contributed by atoms with Crippen LogP contribution in [-0.4, -0.2) is 17.2 Å². The number of benzene rings is 1. The molecule has 1 aromatic rings. The van der Waals surface area contributed by atoms with Gasteiger partial charge in [0.2, 0.25) is 0 Å². The van der Waals surface area contributed by atoms with Gasteiger partial charge in [-0.25, -0.2) is 4.79 Å². The van der Waals surface area contributed by atoms with Crippen molar-refractivity contribution in [2.45, 2.75) is 26.1 Å². The third-order valence-electron chi connectivity index (χ3n) is 2.29. The fourth-order valence-electron chi connectivity index (χ4n) is 1.34. The van der Waals surface area contributed by atoms with E-state index in [2.05, 4.69) is 6.58 Å². The van der Waals surface area contributed by atoms with Crippen molar-refractivity contribution in [2.24, 2.45) is 0 Å². The maximum absolute atomic E-state index is 11.6. The molecule has 0 aliphatic heterocycles. The minimum Gasteiger partial charge on any atom is -0.460 e. The molecule has 0 saturated heterocycles. The summed E-state index contributed by atoms with van der Waals surface area (Å²) in [5.74, 6) is -0.623. The second-order valence-electron chi connectivity index (χ2n) is 4.12. The number of aliphatic hydroxyl groups is 1. The van der Waals surface area contributed by atoms with Crippen molar-refractivity contribution in [1.82, 2.24) is 0 Å². The van der Waals surface area contributed by atoms with Crippen LogP contribution >= 0.6 is 0 Å². The molecule has 0 aromatic heterocycles. The summed E-state index contributed by atoms with van der Waals surface area (Å²) in [6, 6.07) is 8.27. The van der Waals surface area contributed by atoms with Crippen molar-refractivity contribution in [1.29, 1.82) is 5.26 Å². The number of carbonyl (C=O) groups excluding carboxylic acids is 1. The molecule has 0 heterocycles. The van der Waals surface area contributed by atoms with Gasteiger partial charge in [-0.3, -0.25) is 0 Å². The molecule has 94 valence electrons. The lowest BCUT2D eigenvalue weighted by atomic mass is 10.0. The van der Waals surface area contributed by atoms with E-state index in [1.165, 1.54) is 0 Å². The van der Waals surface area contributed by atoms with Crippen LogP contribution in [0.25, 0.3) is 0 Å². The molecule has 0 bridgehead atoms. The highest BCUT2D eigenvalue weighted by molar-refractivity contribution is 5.89. The molecule has 4 heteroatoms. The summed E-state index contributed by atoms with van der Waals surface area (Å²) < 4.78 is 4.95. The van der Waals surface area contributed by atoms with Crippen molar-refractivity contribution >= 4 is 5.97 Å². The van der Waals surface area contributed by atoms with Crippen LogP contribution in [0, 0.1) is 11.3 Å². The number of nitrogens with zero attached hydrogens (tertiary/aromatic N) is 1. The van der Waals surface area contributed by atoms with Gasteiger partial charge in [0.15, 0.2) is 0 Å². The standard InChI is InChI=1S/C14H15NO3/c1-9(2)18-14(17)10(3)13(16)12-6-4-11(8-15)5-7-12/h4-7,9,13,16H,3H2,1-2H3. The molecular formula is C14H15NO3. The molecule has 0 fully saturated rings. The molecule has 0 saturated carbocycles. The Labute approximate surface area is 106 Å². The van der Waals surface area contributed by atoms with Gasteiger partial charge in [-0.1, -0.05) is 18.7 Å². The summed E-state index contributed by atoms with van der Waals surface area (Å²) in [5.41, 5.74) is 0.967. The number of aliphatic hydroxyl groups excluding tert-OH is 1. The van der Waals surface area contributed by atoms with E-state index in [4.69, 9.17) is 10.00 Å². The van der Waals surface area contributed by atoms with Gasteiger partial charge in [0.25, 0.3) is 0 Å². The normalized spacial score (nSPS) is 11.7. The van der Waals surface area contributed by atoms with E-state index in [9.17, 15) is 9.90 Å². The van der Waals surface area contributed by atoms with Crippen LogP contribution in [0.2, 0.25) is 0 Å². The van der Waals surface area contributed by atoms with Crippen LogP contribution in [0.4, 0.5) is 0 Å². The van der Waals surface area contributed by atoms with Gasteiger partial charge in [-0.15, -0.1) is 0 Å². The van der Waals surface area contributed by atoms with Crippen LogP contribution in [0.15, 0.2) is 36.4 Å². The topological polar surface area (TPSA) is 70.3 Å². The van der Waals surface area contributed by atoms with E-state index in [0.717, 1.165) is 0 Å². The average molecular weight is 245 g/mol. The maximum atomic E-state index is 11.6. The van der Waals surface area contributed by atoms with Crippen LogP contribution in [0.1, 0.15) is 31.1 Å². The highest BCUT2D eigenvalue weighted by atomic mass is 16.5. The molecule has 0 amide bonds. The third kappa shape index (κ3) is 3.44. The summed E-state index contributed by atoms with van der Waals surface area (Å²) in [6.07, 6.45) is -1.38. The highest BCUT2D eigenvalue weighted by Gasteiger charge is 2.20. The fraction of sp³-hybridized carbons (Fsp3) is 0.286. The number of nitriles is 1. The van der Waals surface area contributed by atoms with Gasteiger partial charge in [0.05, 0.1) is 23.3 Å². The molecule has 18 heavy (non-hydrogen) atoms. The lowest BCUT2D eigenvalue weighted by molar-refractivity contribution is -0.143. The number of carbonyl (C=O) groups is 1. The Kier molecular flexibility index (Phi) is 4.64. The monoisotopic (exact) mass is 245 g/mol. The Morgan fingerprint density at radius 2 is 1.94 bits per heavy atom. The summed E-state index contributed by atoms with van der Waals surface area (Å²) >= 11 is 0. The summed E-state index contributed by atoms with van der Waals surface area (Å²) in [4.78, 5) is 11.6. The SMILES string of the molecule is C=C(C(=O)OC(C)C)C(O)c1ccc(C#N)cc1. The molecule has 0 aliphatic rings. The predicted octanol–water partition coefficient (Wildman–Crippen LogP) is 2.10. The first-order valence-electron chi connectivity index (χ1n) is 5.53.